The Kier molecular flexibility index (Phi) is 2.15. The number of benzene rings is 1. The first-order valence-electron chi connectivity index (χ1n) is 4.38. The maximum Gasteiger partial charge on any atom is 0.418 e. The van der Waals surface area contributed by atoms with Crippen LogP contribution in [-0.2, 0) is 6.18 Å². The molecule has 0 amide bonds. The van der Waals surface area contributed by atoms with Crippen LogP contribution >= 0.6 is 0 Å². The maximum absolute atomic E-state index is 12.6. The summed E-state index contributed by atoms with van der Waals surface area (Å²) in [6, 6.07) is 3.99. The molecular formula is C10H7F3N2O. The average Bonchev–Trinajstić information content (AvgIpc) is 2.16. The minimum Gasteiger partial charge on any atom is -0.398 e. The van der Waals surface area contributed by atoms with E-state index in [-0.39, 0.29) is 16.5 Å². The van der Waals surface area contributed by atoms with E-state index in [0.29, 0.717) is 6.20 Å². The Labute approximate surface area is 87.7 Å². The molecule has 0 aliphatic heterocycles. The molecule has 1 heterocycles. The second kappa shape index (κ2) is 3.26. The number of anilines is 1. The van der Waals surface area contributed by atoms with Gasteiger partial charge in [-0.2, -0.15) is 13.2 Å². The Hall–Kier alpha value is -1.98. The van der Waals surface area contributed by atoms with Crippen LogP contribution in [0.15, 0.2) is 29.2 Å². The molecule has 3 nitrogen and oxygen atoms in total. The van der Waals surface area contributed by atoms with Gasteiger partial charge in [-0.1, -0.05) is 12.1 Å². The van der Waals surface area contributed by atoms with Crippen LogP contribution in [-0.4, -0.2) is 4.98 Å². The van der Waals surface area contributed by atoms with E-state index in [2.05, 4.69) is 0 Å². The Balaban J connectivity index is 2.96. The number of alkyl halides is 3. The molecule has 6 heteroatoms. The first-order valence-corrected chi connectivity index (χ1v) is 4.38. The second-order valence-electron chi connectivity index (χ2n) is 3.30. The molecular weight excluding hydrogens is 221 g/mol. The molecule has 0 unspecified atom stereocenters. The van der Waals surface area contributed by atoms with Gasteiger partial charge in [0.2, 0.25) is 0 Å². The quantitative estimate of drug-likeness (QED) is 0.678. The van der Waals surface area contributed by atoms with Crippen LogP contribution in [0.5, 0.6) is 0 Å². The van der Waals surface area contributed by atoms with E-state index in [1.54, 1.807) is 0 Å². The zero-order valence-electron chi connectivity index (χ0n) is 7.93. The van der Waals surface area contributed by atoms with Crippen molar-refractivity contribution in [1.82, 2.24) is 4.98 Å². The summed E-state index contributed by atoms with van der Waals surface area (Å²) in [5.74, 6) is 0. The number of H-pyrrole nitrogens is 1. The molecule has 0 radical (unpaired) electrons. The van der Waals surface area contributed by atoms with Gasteiger partial charge in [0.15, 0.2) is 0 Å². The van der Waals surface area contributed by atoms with Gasteiger partial charge in [-0.05, 0) is 6.07 Å². The van der Waals surface area contributed by atoms with Crippen molar-refractivity contribution < 1.29 is 13.2 Å². The van der Waals surface area contributed by atoms with Crippen LogP contribution < -0.4 is 11.3 Å². The van der Waals surface area contributed by atoms with Crippen LogP contribution in [0.3, 0.4) is 0 Å². The molecule has 0 saturated carbocycles. The van der Waals surface area contributed by atoms with E-state index < -0.39 is 17.3 Å². The van der Waals surface area contributed by atoms with Crippen LogP contribution in [0.1, 0.15) is 5.56 Å². The van der Waals surface area contributed by atoms with Crippen molar-refractivity contribution in [2.45, 2.75) is 6.18 Å². The van der Waals surface area contributed by atoms with Gasteiger partial charge in [-0.15, -0.1) is 0 Å². The molecule has 2 aromatic rings. The fraction of sp³-hybridized carbons (Fsp3) is 0.100. The Bertz CT molecular complexity index is 601. The van der Waals surface area contributed by atoms with Crippen molar-refractivity contribution in [2.24, 2.45) is 0 Å². The number of nitrogens with one attached hydrogen (secondary N) is 1. The van der Waals surface area contributed by atoms with E-state index in [0.717, 1.165) is 0 Å². The largest absolute Gasteiger partial charge is 0.418 e. The van der Waals surface area contributed by atoms with Crippen LogP contribution in [0, 0.1) is 0 Å². The van der Waals surface area contributed by atoms with Gasteiger partial charge in [0.1, 0.15) is 0 Å². The third-order valence-corrected chi connectivity index (χ3v) is 2.27. The number of hydrogen-bond acceptors (Lipinski definition) is 2. The lowest BCUT2D eigenvalue weighted by Crippen LogP contribution is -2.14. The highest BCUT2D eigenvalue weighted by molar-refractivity contribution is 5.94. The summed E-state index contributed by atoms with van der Waals surface area (Å²) < 4.78 is 37.9. The van der Waals surface area contributed by atoms with Gasteiger partial charge in [0.25, 0.3) is 5.56 Å². The number of aromatic nitrogens is 1. The Morgan fingerprint density at radius 2 is 1.94 bits per heavy atom. The van der Waals surface area contributed by atoms with Gasteiger partial charge >= 0.3 is 6.18 Å². The summed E-state index contributed by atoms with van der Waals surface area (Å²) >= 11 is 0. The lowest BCUT2D eigenvalue weighted by molar-refractivity contribution is -0.136. The van der Waals surface area contributed by atoms with Crippen molar-refractivity contribution in [1.29, 1.82) is 0 Å². The minimum absolute atomic E-state index is 0.0323. The van der Waals surface area contributed by atoms with E-state index in [4.69, 9.17) is 5.73 Å². The summed E-state index contributed by atoms with van der Waals surface area (Å²) in [7, 11) is 0. The summed E-state index contributed by atoms with van der Waals surface area (Å²) in [6.07, 6.45) is -3.86. The SMILES string of the molecule is Nc1cccc2c(C(F)(F)F)c[nH]c(=O)c12. The predicted molar refractivity (Wildman–Crippen MR) is 54.0 cm³/mol. The number of pyridine rings is 1. The summed E-state index contributed by atoms with van der Waals surface area (Å²) in [5, 5.41) is -0.312. The molecule has 1 aromatic carbocycles. The summed E-state index contributed by atoms with van der Waals surface area (Å²) in [6.45, 7) is 0. The molecule has 0 fully saturated rings. The smallest absolute Gasteiger partial charge is 0.398 e. The second-order valence-corrected chi connectivity index (χ2v) is 3.30. The van der Waals surface area contributed by atoms with Crippen LogP contribution in [0.2, 0.25) is 0 Å². The number of nitrogens with two attached hydrogens (primary N) is 1. The molecule has 0 atom stereocenters. The lowest BCUT2D eigenvalue weighted by atomic mass is 10.1. The number of aromatic amines is 1. The van der Waals surface area contributed by atoms with E-state index in [9.17, 15) is 18.0 Å². The van der Waals surface area contributed by atoms with Crippen molar-refractivity contribution in [3.8, 4) is 0 Å². The molecule has 16 heavy (non-hydrogen) atoms. The normalized spacial score (nSPS) is 11.9. The van der Waals surface area contributed by atoms with Gasteiger partial charge in [-0.25, -0.2) is 0 Å². The first kappa shape index (κ1) is 10.5. The van der Waals surface area contributed by atoms with E-state index in [1.807, 2.05) is 4.98 Å². The number of halogens is 3. The van der Waals surface area contributed by atoms with E-state index >= 15 is 0 Å². The molecule has 1 aromatic heterocycles. The predicted octanol–water partition coefficient (Wildman–Crippen LogP) is 2.13. The van der Waals surface area contributed by atoms with Gasteiger partial charge in [-0.3, -0.25) is 4.79 Å². The van der Waals surface area contributed by atoms with Crippen LogP contribution in [0.25, 0.3) is 10.8 Å². The highest BCUT2D eigenvalue weighted by atomic mass is 19.4. The first-order chi connectivity index (χ1) is 7.41. The monoisotopic (exact) mass is 228 g/mol. The van der Waals surface area contributed by atoms with Crippen molar-refractivity contribution in [3.05, 3.63) is 40.3 Å². The minimum atomic E-state index is -4.52. The van der Waals surface area contributed by atoms with Crippen molar-refractivity contribution in [2.75, 3.05) is 5.73 Å². The molecule has 0 spiro atoms. The molecule has 0 aliphatic carbocycles. The summed E-state index contributed by atoms with van der Waals surface area (Å²) in [4.78, 5) is 13.4. The Morgan fingerprint density at radius 1 is 1.25 bits per heavy atom. The molecule has 0 saturated heterocycles. The number of fused-ring (bicyclic) bond motifs is 1. The standard InChI is InChI=1S/C10H7F3N2O/c11-10(12,13)6-4-15-9(16)8-5(6)2-1-3-7(8)14/h1-4H,14H2,(H,15,16). The van der Waals surface area contributed by atoms with Gasteiger partial charge in [0, 0.05) is 17.3 Å². The zero-order chi connectivity index (χ0) is 11.9. The topological polar surface area (TPSA) is 58.9 Å². The van der Waals surface area contributed by atoms with Crippen molar-refractivity contribution in [3.63, 3.8) is 0 Å². The van der Waals surface area contributed by atoms with Crippen LogP contribution in [0.4, 0.5) is 18.9 Å². The zero-order valence-corrected chi connectivity index (χ0v) is 7.93. The van der Waals surface area contributed by atoms with Gasteiger partial charge < -0.3 is 10.7 Å². The molecule has 2 rings (SSSR count). The number of rotatable bonds is 0. The highest BCUT2D eigenvalue weighted by Gasteiger charge is 2.33. The number of nitrogen functional groups attached to an aromatic ring is 1. The summed E-state index contributed by atoms with van der Waals surface area (Å²) in [5.41, 5.74) is 4.00. The molecule has 3 N–H and O–H groups in total. The fourth-order valence-electron chi connectivity index (χ4n) is 1.57. The highest BCUT2D eigenvalue weighted by Crippen LogP contribution is 2.34. The third-order valence-electron chi connectivity index (χ3n) is 2.27. The Morgan fingerprint density at radius 3 is 2.56 bits per heavy atom. The molecule has 0 bridgehead atoms. The molecule has 0 aliphatic rings. The van der Waals surface area contributed by atoms with E-state index in [1.165, 1.54) is 18.2 Å². The maximum atomic E-state index is 12.6. The van der Waals surface area contributed by atoms with Crippen molar-refractivity contribution >= 4 is 16.5 Å². The lowest BCUT2D eigenvalue weighted by Gasteiger charge is -2.10. The number of hydrogen-bond donors (Lipinski definition) is 2. The fourth-order valence-corrected chi connectivity index (χ4v) is 1.57. The van der Waals surface area contributed by atoms with Gasteiger partial charge in [0.05, 0.1) is 10.9 Å². The molecule has 84 valence electrons. The third kappa shape index (κ3) is 1.52. The average molecular weight is 228 g/mol.